The summed E-state index contributed by atoms with van der Waals surface area (Å²) < 4.78 is 1.07. The molecular formula is C24H19IN4O. The zero-order valence-electron chi connectivity index (χ0n) is 16.0. The number of aromatic nitrogens is 2. The third-order valence-electron chi connectivity index (χ3n) is 4.51. The molecule has 0 atom stereocenters. The Morgan fingerprint density at radius 1 is 0.900 bits per heavy atom. The van der Waals surface area contributed by atoms with E-state index in [0.29, 0.717) is 17.8 Å². The molecule has 0 bridgehead atoms. The van der Waals surface area contributed by atoms with Crippen LogP contribution in [0, 0.1) is 3.57 Å². The number of carbonyl (C=O) groups is 1. The van der Waals surface area contributed by atoms with Crippen LogP contribution in [0.2, 0.25) is 0 Å². The summed E-state index contributed by atoms with van der Waals surface area (Å²) in [6, 6.07) is 25.2. The number of halogens is 1. The van der Waals surface area contributed by atoms with E-state index in [1.54, 1.807) is 18.5 Å². The van der Waals surface area contributed by atoms with Crippen molar-refractivity contribution in [1.29, 1.82) is 0 Å². The maximum Gasteiger partial charge on any atom is 0.257 e. The molecule has 5 nitrogen and oxygen atoms in total. The predicted molar refractivity (Wildman–Crippen MR) is 128 cm³/mol. The molecule has 4 aromatic rings. The highest BCUT2D eigenvalue weighted by atomic mass is 127. The molecule has 30 heavy (non-hydrogen) atoms. The van der Waals surface area contributed by atoms with Gasteiger partial charge in [-0.05, 0) is 70.6 Å². The second-order valence-electron chi connectivity index (χ2n) is 6.63. The largest absolute Gasteiger partial charge is 0.366 e. The average molecular weight is 506 g/mol. The predicted octanol–water partition coefficient (Wildman–Crippen LogP) is 5.61. The minimum Gasteiger partial charge on any atom is -0.366 e. The van der Waals surface area contributed by atoms with E-state index >= 15 is 0 Å². The Balaban J connectivity index is 1.43. The maximum atomic E-state index is 12.6. The first-order chi connectivity index (χ1) is 14.7. The van der Waals surface area contributed by atoms with Crippen molar-refractivity contribution in [1.82, 2.24) is 9.97 Å². The van der Waals surface area contributed by atoms with E-state index in [-0.39, 0.29) is 5.91 Å². The highest BCUT2D eigenvalue weighted by molar-refractivity contribution is 14.1. The van der Waals surface area contributed by atoms with Gasteiger partial charge >= 0.3 is 0 Å². The fraction of sp³-hybridized carbons (Fsp3) is 0.0417. The van der Waals surface area contributed by atoms with Crippen LogP contribution in [0.25, 0.3) is 11.3 Å². The molecular weight excluding hydrogens is 487 g/mol. The maximum absolute atomic E-state index is 12.6. The fourth-order valence-electron chi connectivity index (χ4n) is 2.95. The Morgan fingerprint density at radius 3 is 2.47 bits per heavy atom. The van der Waals surface area contributed by atoms with Crippen molar-refractivity contribution < 1.29 is 4.79 Å². The molecule has 148 valence electrons. The van der Waals surface area contributed by atoms with Crippen molar-refractivity contribution in [2.24, 2.45) is 0 Å². The van der Waals surface area contributed by atoms with Gasteiger partial charge in [0.25, 0.3) is 5.91 Å². The zero-order valence-corrected chi connectivity index (χ0v) is 18.2. The Morgan fingerprint density at radius 2 is 1.73 bits per heavy atom. The highest BCUT2D eigenvalue weighted by Gasteiger charge is 2.10. The van der Waals surface area contributed by atoms with Crippen molar-refractivity contribution in [3.63, 3.8) is 0 Å². The number of rotatable bonds is 6. The molecule has 0 aliphatic carbocycles. The van der Waals surface area contributed by atoms with Crippen LogP contribution in [-0.2, 0) is 6.54 Å². The topological polar surface area (TPSA) is 66.9 Å². The SMILES string of the molecule is O=C(Nc1ccc(I)c(-c2ccccn2)c1)c1ccc(NCc2ccccc2)nc1. The first-order valence-electron chi connectivity index (χ1n) is 9.45. The molecule has 2 N–H and O–H groups in total. The Bertz CT molecular complexity index is 1130. The third kappa shape index (κ3) is 5.01. The minimum atomic E-state index is -0.203. The molecule has 0 fully saturated rings. The fourth-order valence-corrected chi connectivity index (χ4v) is 3.56. The number of carbonyl (C=O) groups excluding carboxylic acids is 1. The quantitative estimate of drug-likeness (QED) is 0.334. The summed E-state index contributed by atoms with van der Waals surface area (Å²) in [7, 11) is 0. The number of amides is 1. The molecule has 0 saturated heterocycles. The van der Waals surface area contributed by atoms with Crippen LogP contribution in [-0.4, -0.2) is 15.9 Å². The Kier molecular flexibility index (Phi) is 6.34. The third-order valence-corrected chi connectivity index (χ3v) is 5.45. The normalized spacial score (nSPS) is 10.4. The van der Waals surface area contributed by atoms with Crippen molar-refractivity contribution in [3.05, 3.63) is 106 Å². The van der Waals surface area contributed by atoms with Crippen molar-refractivity contribution in [3.8, 4) is 11.3 Å². The number of hydrogen-bond acceptors (Lipinski definition) is 4. The Labute approximate surface area is 188 Å². The summed E-state index contributed by atoms with van der Waals surface area (Å²) in [5, 5.41) is 6.20. The second kappa shape index (κ2) is 9.49. The van der Waals surface area contributed by atoms with Crippen LogP contribution < -0.4 is 10.6 Å². The molecule has 0 aliphatic heterocycles. The van der Waals surface area contributed by atoms with Gasteiger partial charge in [0, 0.05) is 33.8 Å². The van der Waals surface area contributed by atoms with Gasteiger partial charge in [0.15, 0.2) is 0 Å². The minimum absolute atomic E-state index is 0.203. The summed E-state index contributed by atoms with van der Waals surface area (Å²) in [6.45, 7) is 0.679. The summed E-state index contributed by atoms with van der Waals surface area (Å²) in [5.74, 6) is 0.521. The van der Waals surface area contributed by atoms with Gasteiger partial charge in [-0.2, -0.15) is 0 Å². The van der Waals surface area contributed by atoms with Gasteiger partial charge in [0.2, 0.25) is 0 Å². The molecule has 0 radical (unpaired) electrons. The molecule has 0 spiro atoms. The van der Waals surface area contributed by atoms with Gasteiger partial charge in [0.1, 0.15) is 5.82 Å². The first kappa shape index (κ1) is 20.0. The molecule has 6 heteroatoms. The number of hydrogen-bond donors (Lipinski definition) is 2. The first-order valence-corrected chi connectivity index (χ1v) is 10.5. The van der Waals surface area contributed by atoms with Crippen LogP contribution in [0.5, 0.6) is 0 Å². The average Bonchev–Trinajstić information content (AvgIpc) is 2.80. The number of nitrogens with zero attached hydrogens (tertiary/aromatic N) is 2. The van der Waals surface area contributed by atoms with Crippen molar-refractivity contribution in [2.75, 3.05) is 10.6 Å². The van der Waals surface area contributed by atoms with Gasteiger partial charge in [0.05, 0.1) is 11.3 Å². The van der Waals surface area contributed by atoms with Gasteiger partial charge in [-0.3, -0.25) is 9.78 Å². The van der Waals surface area contributed by atoms with E-state index in [9.17, 15) is 4.79 Å². The van der Waals surface area contributed by atoms with Gasteiger partial charge in [-0.1, -0.05) is 36.4 Å². The van der Waals surface area contributed by atoms with Crippen LogP contribution in [0.3, 0.4) is 0 Å². The highest BCUT2D eigenvalue weighted by Crippen LogP contribution is 2.27. The summed E-state index contributed by atoms with van der Waals surface area (Å²) in [5.41, 5.74) is 4.23. The molecule has 0 saturated carbocycles. The second-order valence-corrected chi connectivity index (χ2v) is 7.80. The van der Waals surface area contributed by atoms with Gasteiger partial charge < -0.3 is 10.6 Å². The monoisotopic (exact) mass is 506 g/mol. The van der Waals surface area contributed by atoms with Crippen molar-refractivity contribution in [2.45, 2.75) is 6.54 Å². The molecule has 2 heterocycles. The smallest absolute Gasteiger partial charge is 0.257 e. The van der Waals surface area contributed by atoms with E-state index in [0.717, 1.165) is 20.6 Å². The van der Waals surface area contributed by atoms with E-state index in [1.165, 1.54) is 5.56 Å². The Hall–Kier alpha value is -3.26. The molecule has 2 aromatic heterocycles. The van der Waals surface area contributed by atoms with Crippen LogP contribution in [0.15, 0.2) is 91.3 Å². The van der Waals surface area contributed by atoms with E-state index < -0.39 is 0 Å². The number of benzene rings is 2. The lowest BCUT2D eigenvalue weighted by Crippen LogP contribution is -2.12. The van der Waals surface area contributed by atoms with Crippen LogP contribution in [0.4, 0.5) is 11.5 Å². The number of pyridine rings is 2. The lowest BCUT2D eigenvalue weighted by Gasteiger charge is -2.10. The lowest BCUT2D eigenvalue weighted by molar-refractivity contribution is 0.102. The van der Waals surface area contributed by atoms with E-state index in [2.05, 4.69) is 55.3 Å². The van der Waals surface area contributed by atoms with Gasteiger partial charge in [-0.25, -0.2) is 4.98 Å². The zero-order chi connectivity index (χ0) is 20.8. The molecule has 0 unspecified atom stereocenters. The molecule has 1 amide bonds. The molecule has 2 aromatic carbocycles. The van der Waals surface area contributed by atoms with E-state index in [1.807, 2.05) is 60.7 Å². The summed E-state index contributed by atoms with van der Waals surface area (Å²) in [4.78, 5) is 21.4. The summed E-state index contributed by atoms with van der Waals surface area (Å²) in [6.07, 6.45) is 3.34. The number of nitrogens with one attached hydrogen (secondary N) is 2. The van der Waals surface area contributed by atoms with E-state index in [4.69, 9.17) is 0 Å². The standard InChI is InChI=1S/C24H19IN4O/c25-21-11-10-19(14-20(21)22-8-4-5-13-26-22)29-24(30)18-9-12-23(28-16-18)27-15-17-6-2-1-3-7-17/h1-14,16H,15H2,(H,27,28)(H,29,30). The van der Waals surface area contributed by atoms with Crippen LogP contribution >= 0.6 is 22.6 Å². The number of anilines is 2. The summed E-state index contributed by atoms with van der Waals surface area (Å²) >= 11 is 2.27. The molecule has 0 aliphatic rings. The molecule has 4 rings (SSSR count). The lowest BCUT2D eigenvalue weighted by atomic mass is 10.1. The van der Waals surface area contributed by atoms with Gasteiger partial charge in [-0.15, -0.1) is 0 Å². The van der Waals surface area contributed by atoms with Crippen LogP contribution in [0.1, 0.15) is 15.9 Å². The van der Waals surface area contributed by atoms with Crippen molar-refractivity contribution >= 4 is 40.0 Å².